The van der Waals surface area contributed by atoms with Crippen LogP contribution >= 0.6 is 12.4 Å². The number of nitrogens with one attached hydrogen (secondary N) is 1. The first kappa shape index (κ1) is 30.4. The summed E-state index contributed by atoms with van der Waals surface area (Å²) >= 11 is 0. The summed E-state index contributed by atoms with van der Waals surface area (Å²) in [6.45, 7) is 3.55. The molecule has 13 heteroatoms. The monoisotopic (exact) mass is 574 g/mol. The van der Waals surface area contributed by atoms with Crippen molar-refractivity contribution in [3.05, 3.63) is 46.5 Å². The van der Waals surface area contributed by atoms with Gasteiger partial charge in [-0.3, -0.25) is 14.4 Å². The molecule has 2 aliphatic carbocycles. The lowest BCUT2D eigenvalue weighted by molar-refractivity contribution is -0.140. The molecule has 1 amide bonds. The van der Waals surface area contributed by atoms with Crippen LogP contribution in [0.2, 0.25) is 0 Å². The molecule has 0 saturated heterocycles. The Balaban J connectivity index is 0.00000420. The average molecular weight is 575 g/mol. The molecule has 1 aromatic carbocycles. The number of rotatable bonds is 6. The molecule has 2 aliphatic rings. The molecule has 1 heterocycles. The van der Waals surface area contributed by atoms with Crippen LogP contribution in [-0.2, 0) is 17.4 Å². The summed E-state index contributed by atoms with van der Waals surface area (Å²) in [5.74, 6) is -4.04. The Kier molecular flexibility index (Phi) is 8.43. The average Bonchev–Trinajstić information content (AvgIpc) is 3.17. The van der Waals surface area contributed by atoms with Gasteiger partial charge in [-0.05, 0) is 55.6 Å². The smallest absolute Gasteiger partial charge is 0.418 e. The van der Waals surface area contributed by atoms with Crippen molar-refractivity contribution < 1.29 is 37.1 Å². The first-order valence-corrected chi connectivity index (χ1v) is 12.3. The van der Waals surface area contributed by atoms with E-state index in [0.717, 1.165) is 12.3 Å². The number of anilines is 1. The van der Waals surface area contributed by atoms with E-state index in [1.807, 2.05) is 0 Å². The zero-order valence-electron chi connectivity index (χ0n) is 21.4. The number of aromatic nitrogens is 1. The number of hydrogen-bond donors (Lipinski definition) is 4. The standard InChI is InChI=1S/C26H30F4N4O4.ClH/c1-25(2)9-18-20(19(35)10-25)15(26(28,29)30)11-34(18)14-7-16(27)21(23(32)36)17(8-14)33-13-5-3-12(4-6-13)22(31)24(37)38;/h7-8,11-13,22,33H,3-6,9-10,31H2,1-2H3,(H2,32,36)(H,37,38);1H. The first-order chi connectivity index (χ1) is 17.6. The topological polar surface area (TPSA) is 140 Å². The number of ketones is 1. The summed E-state index contributed by atoms with van der Waals surface area (Å²) in [5, 5.41) is 12.2. The summed E-state index contributed by atoms with van der Waals surface area (Å²) in [7, 11) is 0. The summed E-state index contributed by atoms with van der Waals surface area (Å²) in [5.41, 5.74) is 8.76. The highest BCUT2D eigenvalue weighted by Gasteiger charge is 2.44. The van der Waals surface area contributed by atoms with Crippen LogP contribution in [0.5, 0.6) is 0 Å². The van der Waals surface area contributed by atoms with Crippen LogP contribution in [0.3, 0.4) is 0 Å². The minimum Gasteiger partial charge on any atom is -0.480 e. The van der Waals surface area contributed by atoms with E-state index in [-0.39, 0.29) is 54.3 Å². The van der Waals surface area contributed by atoms with E-state index in [0.29, 0.717) is 25.7 Å². The number of nitrogens with two attached hydrogens (primary N) is 2. The number of amides is 1. The SMILES string of the molecule is CC1(C)CC(=O)c2c(C(F)(F)F)cn(-c3cc(F)c(C(N)=O)c(NC4CCC(C(N)C(=O)O)CC4)c3)c2C1.Cl. The third-order valence-corrected chi connectivity index (χ3v) is 7.50. The zero-order valence-corrected chi connectivity index (χ0v) is 22.2. The predicted octanol–water partition coefficient (Wildman–Crippen LogP) is 4.69. The van der Waals surface area contributed by atoms with Gasteiger partial charge in [0.2, 0.25) is 0 Å². The van der Waals surface area contributed by atoms with E-state index in [1.165, 1.54) is 10.6 Å². The number of primary amides is 1. The molecule has 6 N–H and O–H groups in total. The van der Waals surface area contributed by atoms with E-state index in [1.54, 1.807) is 13.8 Å². The van der Waals surface area contributed by atoms with Crippen LogP contribution in [0.4, 0.5) is 23.2 Å². The predicted molar refractivity (Wildman–Crippen MR) is 138 cm³/mol. The number of halogens is 5. The molecule has 1 saturated carbocycles. The van der Waals surface area contributed by atoms with E-state index in [4.69, 9.17) is 16.6 Å². The Labute approximate surface area is 228 Å². The summed E-state index contributed by atoms with van der Waals surface area (Å²) in [6.07, 6.45) is -1.97. The van der Waals surface area contributed by atoms with Crippen LogP contribution in [0.15, 0.2) is 18.3 Å². The first-order valence-electron chi connectivity index (χ1n) is 12.3. The van der Waals surface area contributed by atoms with Crippen LogP contribution in [0.1, 0.15) is 77.9 Å². The van der Waals surface area contributed by atoms with Crippen molar-refractivity contribution >= 4 is 35.8 Å². The molecule has 1 atom stereocenters. The minimum atomic E-state index is -4.80. The van der Waals surface area contributed by atoms with Crippen molar-refractivity contribution in [3.63, 3.8) is 0 Å². The van der Waals surface area contributed by atoms with Gasteiger partial charge in [0.1, 0.15) is 11.9 Å². The van der Waals surface area contributed by atoms with Crippen molar-refractivity contribution in [1.82, 2.24) is 4.57 Å². The molecular formula is C26H31ClF4N4O4. The van der Waals surface area contributed by atoms with Gasteiger partial charge >= 0.3 is 12.1 Å². The maximum absolute atomic E-state index is 15.2. The normalized spacial score (nSPS) is 21.5. The second kappa shape index (κ2) is 10.8. The molecule has 0 aliphatic heterocycles. The number of carbonyl (C=O) groups excluding carboxylic acids is 2. The van der Waals surface area contributed by atoms with Crippen molar-refractivity contribution in [2.75, 3.05) is 5.32 Å². The van der Waals surface area contributed by atoms with Gasteiger partial charge in [-0.25, -0.2) is 4.39 Å². The maximum Gasteiger partial charge on any atom is 0.418 e. The third kappa shape index (κ3) is 6.06. The van der Waals surface area contributed by atoms with Crippen LogP contribution < -0.4 is 16.8 Å². The molecule has 1 aromatic heterocycles. The number of carboxylic acid groups (broad SMARTS) is 1. The minimum absolute atomic E-state index is 0. The lowest BCUT2D eigenvalue weighted by Gasteiger charge is -2.32. The van der Waals surface area contributed by atoms with Crippen molar-refractivity contribution in [2.24, 2.45) is 22.8 Å². The number of Topliss-reactive ketones (excluding diaryl/α,β-unsaturated/α-hetero) is 1. The molecule has 214 valence electrons. The molecule has 4 rings (SSSR count). The van der Waals surface area contributed by atoms with Gasteiger partial charge in [0.25, 0.3) is 5.91 Å². The summed E-state index contributed by atoms with van der Waals surface area (Å²) in [4.78, 5) is 36.1. The molecule has 1 unspecified atom stereocenters. The number of nitrogens with zero attached hydrogens (tertiary/aromatic N) is 1. The maximum atomic E-state index is 15.2. The van der Waals surface area contributed by atoms with Crippen LogP contribution in [0, 0.1) is 17.2 Å². The van der Waals surface area contributed by atoms with Gasteiger partial charge in [0.05, 0.1) is 28.1 Å². The lowest BCUT2D eigenvalue weighted by Crippen LogP contribution is -2.41. The van der Waals surface area contributed by atoms with Gasteiger partial charge in [-0.15, -0.1) is 12.4 Å². The molecule has 2 aromatic rings. The highest BCUT2D eigenvalue weighted by molar-refractivity contribution is 6.01. The Morgan fingerprint density at radius 1 is 1.15 bits per heavy atom. The number of carboxylic acids is 1. The van der Waals surface area contributed by atoms with E-state index in [9.17, 15) is 27.6 Å². The molecule has 0 radical (unpaired) electrons. The number of benzene rings is 1. The number of fused-ring (bicyclic) bond motifs is 1. The Morgan fingerprint density at radius 3 is 2.31 bits per heavy atom. The number of hydrogen-bond acceptors (Lipinski definition) is 5. The second-order valence-corrected chi connectivity index (χ2v) is 11.0. The van der Waals surface area contributed by atoms with E-state index in [2.05, 4.69) is 5.32 Å². The summed E-state index contributed by atoms with van der Waals surface area (Å²) in [6, 6.07) is 1.00. The Hall–Kier alpha value is -3.12. The molecule has 0 bridgehead atoms. The Bertz CT molecular complexity index is 1300. The largest absolute Gasteiger partial charge is 0.480 e. The number of carbonyl (C=O) groups is 3. The Morgan fingerprint density at radius 2 is 1.77 bits per heavy atom. The van der Waals surface area contributed by atoms with Crippen molar-refractivity contribution in [2.45, 2.75) is 70.6 Å². The molecule has 1 fully saturated rings. The van der Waals surface area contributed by atoms with Gasteiger partial charge < -0.3 is 26.5 Å². The molecule has 0 spiro atoms. The molecular weight excluding hydrogens is 544 g/mol. The fraction of sp³-hybridized carbons (Fsp3) is 0.500. The summed E-state index contributed by atoms with van der Waals surface area (Å²) < 4.78 is 58.1. The van der Waals surface area contributed by atoms with Gasteiger partial charge in [0.15, 0.2) is 5.78 Å². The number of aliphatic carboxylic acids is 1. The van der Waals surface area contributed by atoms with Gasteiger partial charge in [0, 0.05) is 24.4 Å². The molecule has 39 heavy (non-hydrogen) atoms. The highest BCUT2D eigenvalue weighted by Crippen LogP contribution is 2.43. The zero-order chi connectivity index (χ0) is 28.2. The quantitative estimate of drug-likeness (QED) is 0.369. The third-order valence-electron chi connectivity index (χ3n) is 7.50. The van der Waals surface area contributed by atoms with Crippen molar-refractivity contribution in [1.29, 1.82) is 0 Å². The van der Waals surface area contributed by atoms with Crippen LogP contribution in [0.25, 0.3) is 5.69 Å². The lowest BCUT2D eigenvalue weighted by atomic mass is 9.75. The van der Waals surface area contributed by atoms with Gasteiger partial charge in [-0.2, -0.15) is 13.2 Å². The van der Waals surface area contributed by atoms with Crippen LogP contribution in [-0.4, -0.2) is 39.4 Å². The number of alkyl halides is 3. The molecule has 8 nitrogen and oxygen atoms in total. The van der Waals surface area contributed by atoms with E-state index < -0.39 is 57.8 Å². The second-order valence-electron chi connectivity index (χ2n) is 11.0. The van der Waals surface area contributed by atoms with Gasteiger partial charge in [-0.1, -0.05) is 13.8 Å². The highest BCUT2D eigenvalue weighted by atomic mass is 35.5. The fourth-order valence-electron chi connectivity index (χ4n) is 5.66. The fourth-order valence-corrected chi connectivity index (χ4v) is 5.66. The van der Waals surface area contributed by atoms with Crippen molar-refractivity contribution in [3.8, 4) is 5.69 Å². The van der Waals surface area contributed by atoms with E-state index >= 15 is 4.39 Å².